The number of nitrogens with one attached hydrogen (secondary N) is 2. The van der Waals surface area contributed by atoms with Crippen LogP contribution in [0.3, 0.4) is 0 Å². The number of aromatic amines is 2. The normalized spacial score (nSPS) is 10.8. The van der Waals surface area contributed by atoms with E-state index in [1.54, 1.807) is 48.5 Å². The molecule has 0 aliphatic rings. The van der Waals surface area contributed by atoms with Crippen LogP contribution in [0.2, 0.25) is 0 Å². The molecule has 0 saturated carbocycles. The van der Waals surface area contributed by atoms with Gasteiger partial charge < -0.3 is 19.4 Å². The summed E-state index contributed by atoms with van der Waals surface area (Å²) >= 11 is 0. The van der Waals surface area contributed by atoms with Crippen LogP contribution in [0.1, 0.15) is 20.7 Å². The van der Waals surface area contributed by atoms with Crippen molar-refractivity contribution in [3.8, 4) is 0 Å². The lowest BCUT2D eigenvalue weighted by Crippen LogP contribution is -2.22. The van der Waals surface area contributed by atoms with E-state index in [1.807, 2.05) is 0 Å². The van der Waals surface area contributed by atoms with Crippen molar-refractivity contribution in [2.45, 2.75) is 0 Å². The molecule has 0 aliphatic carbocycles. The van der Waals surface area contributed by atoms with E-state index in [4.69, 9.17) is 9.47 Å². The number of H-pyrrole nitrogens is 2. The Labute approximate surface area is 179 Å². The third-order valence-corrected chi connectivity index (χ3v) is 4.67. The number of hydrogen-bond acceptors (Lipinski definition) is 7. The standard InChI is InChI=1S/C23H16N2O7/c26-13(11-31-22(29)16-9-20(27)24-18-7-3-1-5-14(16)18)12-32-23(30)17-10-21(28)25-19-8-4-2-6-15(17)19/h1-10H,11-12H2,(H,24,27)(H,25,28). The van der Waals surface area contributed by atoms with E-state index >= 15 is 0 Å². The number of hydrogen-bond donors (Lipinski definition) is 2. The van der Waals surface area contributed by atoms with Crippen LogP contribution in [0.5, 0.6) is 0 Å². The van der Waals surface area contributed by atoms with Gasteiger partial charge in [0, 0.05) is 33.9 Å². The number of pyridine rings is 2. The molecule has 2 N–H and O–H groups in total. The predicted octanol–water partition coefficient (Wildman–Crippen LogP) is 1.95. The quantitative estimate of drug-likeness (QED) is 0.445. The zero-order valence-electron chi connectivity index (χ0n) is 16.5. The van der Waals surface area contributed by atoms with Gasteiger partial charge >= 0.3 is 11.9 Å². The molecule has 0 radical (unpaired) electrons. The van der Waals surface area contributed by atoms with Crippen LogP contribution in [-0.4, -0.2) is 40.9 Å². The number of fused-ring (bicyclic) bond motifs is 2. The van der Waals surface area contributed by atoms with Crippen LogP contribution in [0.15, 0.2) is 70.3 Å². The number of ether oxygens (including phenoxy) is 2. The highest BCUT2D eigenvalue weighted by molar-refractivity contribution is 6.05. The largest absolute Gasteiger partial charge is 0.454 e. The van der Waals surface area contributed by atoms with Gasteiger partial charge in [0.1, 0.15) is 0 Å². The second-order valence-electron chi connectivity index (χ2n) is 6.88. The van der Waals surface area contributed by atoms with Gasteiger partial charge in [-0.15, -0.1) is 0 Å². The summed E-state index contributed by atoms with van der Waals surface area (Å²) < 4.78 is 9.99. The molecule has 2 aromatic carbocycles. The zero-order valence-corrected chi connectivity index (χ0v) is 16.5. The number of Topliss-reactive ketones (excluding diaryl/α,β-unsaturated/α-hetero) is 1. The Balaban J connectivity index is 1.40. The molecule has 2 aromatic heterocycles. The molecule has 0 unspecified atom stereocenters. The van der Waals surface area contributed by atoms with Crippen molar-refractivity contribution in [2.75, 3.05) is 13.2 Å². The van der Waals surface area contributed by atoms with Gasteiger partial charge in [0.25, 0.3) is 0 Å². The van der Waals surface area contributed by atoms with Crippen molar-refractivity contribution in [1.29, 1.82) is 0 Å². The summed E-state index contributed by atoms with van der Waals surface area (Å²) in [4.78, 5) is 65.6. The maximum absolute atomic E-state index is 12.4. The van der Waals surface area contributed by atoms with Gasteiger partial charge in [0.2, 0.25) is 16.9 Å². The zero-order chi connectivity index (χ0) is 22.7. The lowest BCUT2D eigenvalue weighted by molar-refractivity contribution is -0.125. The Morgan fingerprint density at radius 2 is 1.06 bits per heavy atom. The minimum Gasteiger partial charge on any atom is -0.454 e. The van der Waals surface area contributed by atoms with E-state index in [9.17, 15) is 24.0 Å². The molecule has 2 heterocycles. The maximum atomic E-state index is 12.4. The second kappa shape index (κ2) is 8.68. The Morgan fingerprint density at radius 3 is 1.50 bits per heavy atom. The summed E-state index contributed by atoms with van der Waals surface area (Å²) in [5, 5.41) is 0.939. The Morgan fingerprint density at radius 1 is 0.656 bits per heavy atom. The summed E-state index contributed by atoms with van der Waals surface area (Å²) in [6.45, 7) is -1.30. The minimum atomic E-state index is -0.854. The van der Waals surface area contributed by atoms with E-state index in [1.165, 1.54) is 0 Å². The average molecular weight is 432 g/mol. The Kier molecular flexibility index (Phi) is 5.63. The van der Waals surface area contributed by atoms with Crippen LogP contribution in [-0.2, 0) is 14.3 Å². The molecule has 0 amide bonds. The van der Waals surface area contributed by atoms with Crippen molar-refractivity contribution in [3.05, 3.63) is 92.5 Å². The molecule has 0 saturated heterocycles. The van der Waals surface area contributed by atoms with Gasteiger partial charge in [-0.1, -0.05) is 36.4 Å². The predicted molar refractivity (Wildman–Crippen MR) is 115 cm³/mol. The first-order valence-corrected chi connectivity index (χ1v) is 9.52. The number of esters is 2. The highest BCUT2D eigenvalue weighted by Gasteiger charge is 2.17. The summed E-state index contributed by atoms with van der Waals surface area (Å²) in [7, 11) is 0. The summed E-state index contributed by atoms with van der Waals surface area (Å²) in [5.41, 5.74) is -0.0234. The molecule has 0 aliphatic heterocycles. The smallest absolute Gasteiger partial charge is 0.339 e. The molecule has 9 heteroatoms. The molecule has 160 valence electrons. The monoisotopic (exact) mass is 432 g/mol. The number of aromatic nitrogens is 2. The first-order chi connectivity index (χ1) is 15.4. The SMILES string of the molecule is O=C(COC(=O)c1cc(=O)[nH]c2ccccc12)COC(=O)c1cc(=O)[nH]c2ccccc12. The topological polar surface area (TPSA) is 135 Å². The van der Waals surface area contributed by atoms with E-state index in [0.29, 0.717) is 21.8 Å². The maximum Gasteiger partial charge on any atom is 0.339 e. The fourth-order valence-corrected chi connectivity index (χ4v) is 3.24. The molecule has 4 aromatic rings. The van der Waals surface area contributed by atoms with Gasteiger partial charge in [0.15, 0.2) is 13.2 Å². The Hall–Kier alpha value is -4.53. The first kappa shape index (κ1) is 20.7. The molecule has 0 spiro atoms. The van der Waals surface area contributed by atoms with E-state index in [0.717, 1.165) is 12.1 Å². The van der Waals surface area contributed by atoms with Crippen LogP contribution >= 0.6 is 0 Å². The van der Waals surface area contributed by atoms with Crippen LogP contribution in [0.25, 0.3) is 21.8 Å². The third kappa shape index (κ3) is 4.31. The van der Waals surface area contributed by atoms with Crippen LogP contribution in [0.4, 0.5) is 0 Å². The molecule has 32 heavy (non-hydrogen) atoms. The van der Waals surface area contributed by atoms with Crippen molar-refractivity contribution in [2.24, 2.45) is 0 Å². The molecular formula is C23H16N2O7. The fraction of sp³-hybridized carbons (Fsp3) is 0.0870. The summed E-state index contributed by atoms with van der Waals surface area (Å²) in [6.07, 6.45) is 0. The third-order valence-electron chi connectivity index (χ3n) is 4.67. The highest BCUT2D eigenvalue weighted by atomic mass is 16.6. The minimum absolute atomic E-state index is 0.0177. The average Bonchev–Trinajstić information content (AvgIpc) is 2.79. The van der Waals surface area contributed by atoms with Crippen LogP contribution < -0.4 is 11.1 Å². The number of ketones is 1. The van der Waals surface area contributed by atoms with Crippen molar-refractivity contribution < 1.29 is 23.9 Å². The van der Waals surface area contributed by atoms with Gasteiger partial charge in [-0.2, -0.15) is 0 Å². The number of benzene rings is 2. The molecular weight excluding hydrogens is 416 g/mol. The number of para-hydroxylation sites is 2. The molecule has 4 rings (SSSR count). The fourth-order valence-electron chi connectivity index (χ4n) is 3.24. The Bertz CT molecular complexity index is 1370. The number of carbonyl (C=O) groups excluding carboxylic acids is 3. The highest BCUT2D eigenvalue weighted by Crippen LogP contribution is 2.16. The molecule has 0 atom stereocenters. The van der Waals surface area contributed by atoms with Crippen molar-refractivity contribution in [1.82, 2.24) is 9.97 Å². The van der Waals surface area contributed by atoms with E-state index < -0.39 is 42.1 Å². The van der Waals surface area contributed by atoms with Gasteiger partial charge in [-0.3, -0.25) is 14.4 Å². The molecule has 0 fully saturated rings. The van der Waals surface area contributed by atoms with E-state index in [2.05, 4.69) is 9.97 Å². The van der Waals surface area contributed by atoms with E-state index in [-0.39, 0.29) is 11.1 Å². The van der Waals surface area contributed by atoms with Gasteiger partial charge in [-0.05, 0) is 12.1 Å². The molecule has 0 bridgehead atoms. The number of carbonyl (C=O) groups is 3. The van der Waals surface area contributed by atoms with Gasteiger partial charge in [0.05, 0.1) is 11.1 Å². The molecule has 9 nitrogen and oxygen atoms in total. The van der Waals surface area contributed by atoms with Crippen molar-refractivity contribution >= 4 is 39.5 Å². The van der Waals surface area contributed by atoms with Crippen molar-refractivity contribution in [3.63, 3.8) is 0 Å². The summed E-state index contributed by atoms with van der Waals surface area (Å²) in [6, 6.07) is 15.5. The lowest BCUT2D eigenvalue weighted by atomic mass is 10.1. The number of rotatable bonds is 6. The first-order valence-electron chi connectivity index (χ1n) is 9.52. The van der Waals surface area contributed by atoms with Crippen LogP contribution in [0, 0.1) is 0 Å². The summed E-state index contributed by atoms with van der Waals surface area (Å²) in [5.74, 6) is -2.38. The van der Waals surface area contributed by atoms with Gasteiger partial charge in [-0.25, -0.2) is 9.59 Å². The second-order valence-corrected chi connectivity index (χ2v) is 6.88. The lowest BCUT2D eigenvalue weighted by Gasteiger charge is -2.08.